The molecule has 2 aromatic heterocycles. The van der Waals surface area contributed by atoms with Gasteiger partial charge in [0.05, 0.1) is 19.1 Å². The third-order valence-electron chi connectivity index (χ3n) is 3.89. The van der Waals surface area contributed by atoms with E-state index in [1.807, 2.05) is 65.5 Å². The topological polar surface area (TPSA) is 56.3 Å². The molecule has 1 aromatic carbocycles. The van der Waals surface area contributed by atoms with Gasteiger partial charge in [0.1, 0.15) is 0 Å². The molecule has 0 bridgehead atoms. The predicted molar refractivity (Wildman–Crippen MR) is 95.6 cm³/mol. The van der Waals surface area contributed by atoms with Crippen LogP contribution in [0.5, 0.6) is 0 Å². The van der Waals surface area contributed by atoms with Crippen LogP contribution in [0.1, 0.15) is 22.9 Å². The van der Waals surface area contributed by atoms with E-state index < -0.39 is 6.10 Å². The van der Waals surface area contributed by atoms with Crippen molar-refractivity contribution < 1.29 is 9.90 Å². The number of aromatic nitrogens is 1. The molecular weight excluding hydrogens is 320 g/mol. The fourth-order valence-corrected chi connectivity index (χ4v) is 3.30. The minimum absolute atomic E-state index is 0.00409. The molecule has 3 rings (SSSR count). The monoisotopic (exact) mass is 340 g/mol. The minimum atomic E-state index is -0.674. The van der Waals surface area contributed by atoms with Gasteiger partial charge in [0.2, 0.25) is 5.91 Å². The summed E-state index contributed by atoms with van der Waals surface area (Å²) >= 11 is 1.54. The fourth-order valence-electron chi connectivity index (χ4n) is 2.59. The molecule has 124 valence electrons. The quantitative estimate of drug-likeness (QED) is 0.693. The Kier molecular flexibility index (Phi) is 5.46. The summed E-state index contributed by atoms with van der Waals surface area (Å²) in [6.45, 7) is 0.771. The summed E-state index contributed by atoms with van der Waals surface area (Å²) in [6, 6.07) is 15.5. The van der Waals surface area contributed by atoms with E-state index in [4.69, 9.17) is 0 Å². The Morgan fingerprint density at radius 3 is 2.67 bits per heavy atom. The van der Waals surface area contributed by atoms with Gasteiger partial charge in [0.25, 0.3) is 0 Å². The van der Waals surface area contributed by atoms with E-state index in [1.165, 1.54) is 0 Å². The lowest BCUT2D eigenvalue weighted by Gasteiger charge is -2.25. The zero-order valence-corrected chi connectivity index (χ0v) is 14.1. The van der Waals surface area contributed by atoms with Gasteiger partial charge in [0.15, 0.2) is 0 Å². The number of thiophene rings is 1. The maximum absolute atomic E-state index is 12.7. The number of nitrogens with one attached hydrogen (secondary N) is 1. The summed E-state index contributed by atoms with van der Waals surface area (Å²) in [5.74, 6) is -0.00409. The molecule has 0 saturated carbocycles. The van der Waals surface area contributed by atoms with E-state index in [9.17, 15) is 9.90 Å². The standard InChI is InChI=1S/C19H20N2O2S/c22-18(16-8-10-24-14-16)13-21(12-15-5-2-1-3-6-15)19(23)11-17-7-4-9-20-17/h1-10,14,18,20,22H,11-13H2. The SMILES string of the molecule is O=C(Cc1ccc[nH]1)N(Cc1ccccc1)CC(O)c1ccsc1. The van der Waals surface area contributed by atoms with Crippen molar-refractivity contribution >= 4 is 17.2 Å². The van der Waals surface area contributed by atoms with Crippen LogP contribution in [-0.2, 0) is 17.8 Å². The van der Waals surface area contributed by atoms with Gasteiger partial charge in [-0.15, -0.1) is 0 Å². The van der Waals surface area contributed by atoms with Gasteiger partial charge in [-0.25, -0.2) is 0 Å². The Balaban J connectivity index is 1.73. The van der Waals surface area contributed by atoms with Crippen molar-refractivity contribution in [3.8, 4) is 0 Å². The number of nitrogens with zero attached hydrogens (tertiary/aromatic N) is 1. The number of hydrogen-bond acceptors (Lipinski definition) is 3. The lowest BCUT2D eigenvalue weighted by molar-refractivity contribution is -0.132. The Labute approximate surface area is 145 Å². The van der Waals surface area contributed by atoms with E-state index in [1.54, 1.807) is 16.2 Å². The summed E-state index contributed by atoms with van der Waals surface area (Å²) in [7, 11) is 0. The van der Waals surface area contributed by atoms with Crippen molar-refractivity contribution in [3.05, 3.63) is 82.3 Å². The van der Waals surface area contributed by atoms with E-state index in [2.05, 4.69) is 4.98 Å². The first kappa shape index (κ1) is 16.5. The van der Waals surface area contributed by atoms with Crippen LogP contribution >= 0.6 is 11.3 Å². The van der Waals surface area contributed by atoms with Crippen LogP contribution in [0.4, 0.5) is 0 Å². The molecule has 0 spiro atoms. The molecule has 4 nitrogen and oxygen atoms in total. The van der Waals surface area contributed by atoms with E-state index in [0.717, 1.165) is 16.8 Å². The molecule has 0 radical (unpaired) electrons. The summed E-state index contributed by atoms with van der Waals surface area (Å²) in [5.41, 5.74) is 2.78. The smallest absolute Gasteiger partial charge is 0.228 e. The molecule has 1 amide bonds. The van der Waals surface area contributed by atoms with Crippen molar-refractivity contribution in [2.24, 2.45) is 0 Å². The average molecular weight is 340 g/mol. The van der Waals surface area contributed by atoms with Gasteiger partial charge in [-0.1, -0.05) is 30.3 Å². The van der Waals surface area contributed by atoms with E-state index >= 15 is 0 Å². The molecule has 24 heavy (non-hydrogen) atoms. The number of carbonyl (C=O) groups excluding carboxylic acids is 1. The van der Waals surface area contributed by atoms with Crippen molar-refractivity contribution in [1.82, 2.24) is 9.88 Å². The maximum Gasteiger partial charge on any atom is 0.228 e. The number of amides is 1. The van der Waals surface area contributed by atoms with Crippen LogP contribution in [0.2, 0.25) is 0 Å². The molecule has 5 heteroatoms. The van der Waals surface area contributed by atoms with Crippen molar-refractivity contribution in [2.75, 3.05) is 6.54 Å². The first-order chi connectivity index (χ1) is 11.7. The van der Waals surface area contributed by atoms with Crippen LogP contribution in [0.15, 0.2) is 65.5 Å². The molecule has 1 atom stereocenters. The van der Waals surface area contributed by atoms with Crippen LogP contribution in [0.3, 0.4) is 0 Å². The van der Waals surface area contributed by atoms with Gasteiger partial charge in [0, 0.05) is 18.4 Å². The van der Waals surface area contributed by atoms with Gasteiger partial charge in [-0.05, 0) is 40.1 Å². The summed E-state index contributed by atoms with van der Waals surface area (Å²) in [6.07, 6.45) is 1.44. The van der Waals surface area contributed by atoms with Crippen LogP contribution < -0.4 is 0 Å². The van der Waals surface area contributed by atoms with Crippen LogP contribution in [0, 0.1) is 0 Å². The summed E-state index contributed by atoms with van der Waals surface area (Å²) in [4.78, 5) is 17.5. The minimum Gasteiger partial charge on any atom is -0.387 e. The highest BCUT2D eigenvalue weighted by Crippen LogP contribution is 2.19. The molecule has 2 heterocycles. The number of aromatic amines is 1. The second-order valence-electron chi connectivity index (χ2n) is 5.70. The van der Waals surface area contributed by atoms with Crippen molar-refractivity contribution in [3.63, 3.8) is 0 Å². The number of carbonyl (C=O) groups is 1. The highest BCUT2D eigenvalue weighted by atomic mass is 32.1. The molecule has 0 fully saturated rings. The lowest BCUT2D eigenvalue weighted by atomic mass is 10.1. The molecule has 0 aliphatic rings. The van der Waals surface area contributed by atoms with Gasteiger partial charge in [-0.2, -0.15) is 11.3 Å². The first-order valence-electron chi connectivity index (χ1n) is 7.86. The third-order valence-corrected chi connectivity index (χ3v) is 4.60. The Morgan fingerprint density at radius 2 is 2.00 bits per heavy atom. The van der Waals surface area contributed by atoms with Gasteiger partial charge >= 0.3 is 0 Å². The number of hydrogen-bond donors (Lipinski definition) is 2. The van der Waals surface area contributed by atoms with Crippen molar-refractivity contribution in [1.29, 1.82) is 0 Å². The van der Waals surface area contributed by atoms with Crippen molar-refractivity contribution in [2.45, 2.75) is 19.1 Å². The molecule has 3 aromatic rings. The van der Waals surface area contributed by atoms with Crippen LogP contribution in [-0.4, -0.2) is 27.4 Å². The predicted octanol–water partition coefficient (Wildman–Crippen LogP) is 3.38. The zero-order valence-electron chi connectivity index (χ0n) is 13.3. The maximum atomic E-state index is 12.7. The highest BCUT2D eigenvalue weighted by molar-refractivity contribution is 7.07. The zero-order chi connectivity index (χ0) is 16.8. The number of rotatable bonds is 7. The van der Waals surface area contributed by atoms with Gasteiger partial charge < -0.3 is 15.0 Å². The summed E-state index contributed by atoms with van der Waals surface area (Å²) < 4.78 is 0. The Morgan fingerprint density at radius 1 is 1.17 bits per heavy atom. The molecule has 2 N–H and O–H groups in total. The second kappa shape index (κ2) is 7.95. The van der Waals surface area contributed by atoms with Crippen LogP contribution in [0.25, 0.3) is 0 Å². The molecule has 0 aliphatic heterocycles. The molecular formula is C19H20N2O2S. The van der Waals surface area contributed by atoms with E-state index in [0.29, 0.717) is 13.0 Å². The first-order valence-corrected chi connectivity index (χ1v) is 8.81. The Bertz CT molecular complexity index is 739. The second-order valence-corrected chi connectivity index (χ2v) is 6.48. The lowest BCUT2D eigenvalue weighted by Crippen LogP contribution is -2.35. The molecule has 0 saturated heterocycles. The number of aliphatic hydroxyl groups excluding tert-OH is 1. The Hall–Kier alpha value is -2.37. The average Bonchev–Trinajstić information content (AvgIpc) is 3.29. The summed E-state index contributed by atoms with van der Waals surface area (Å²) in [5, 5.41) is 14.3. The normalized spacial score (nSPS) is 12.0. The number of benzene rings is 1. The molecule has 1 unspecified atom stereocenters. The fraction of sp³-hybridized carbons (Fsp3) is 0.211. The largest absolute Gasteiger partial charge is 0.387 e. The highest BCUT2D eigenvalue weighted by Gasteiger charge is 2.20. The van der Waals surface area contributed by atoms with E-state index in [-0.39, 0.29) is 12.5 Å². The third kappa shape index (κ3) is 4.34. The van der Waals surface area contributed by atoms with Gasteiger partial charge in [-0.3, -0.25) is 4.79 Å². The number of aliphatic hydroxyl groups is 1. The number of H-pyrrole nitrogens is 1. The molecule has 0 aliphatic carbocycles.